The van der Waals surface area contributed by atoms with Gasteiger partial charge < -0.3 is 19.5 Å². The first-order chi connectivity index (χ1) is 17.3. The van der Waals surface area contributed by atoms with Crippen LogP contribution >= 0.6 is 11.6 Å². The van der Waals surface area contributed by atoms with Crippen LogP contribution in [0.2, 0.25) is 5.02 Å². The lowest BCUT2D eigenvalue weighted by Crippen LogP contribution is -2.38. The molecular formula is C26H23ClF2N2O5. The SMILES string of the molecule is CC[C@H](c1cccc(OC2COC2)c1Cl)N(Cc1ccc(C(=O)O)nc1)C(=O)c1cc(F)cc(F)c1. The molecule has 10 heteroatoms. The molecule has 0 radical (unpaired) electrons. The Labute approximate surface area is 211 Å². The molecule has 3 aromatic rings. The van der Waals surface area contributed by atoms with Crippen LogP contribution in [0.5, 0.6) is 5.75 Å². The quantitative estimate of drug-likeness (QED) is 0.416. The summed E-state index contributed by atoms with van der Waals surface area (Å²) in [6.45, 7) is 2.74. The van der Waals surface area contributed by atoms with E-state index >= 15 is 0 Å². The number of carboxylic acid groups (broad SMARTS) is 1. The molecule has 0 aliphatic carbocycles. The zero-order valence-corrected chi connectivity index (χ0v) is 20.0. The van der Waals surface area contributed by atoms with Crippen LogP contribution in [0.25, 0.3) is 0 Å². The fourth-order valence-electron chi connectivity index (χ4n) is 3.95. The van der Waals surface area contributed by atoms with Gasteiger partial charge in [0.15, 0.2) is 0 Å². The Morgan fingerprint density at radius 3 is 2.47 bits per heavy atom. The fraction of sp³-hybridized carbons (Fsp3) is 0.269. The van der Waals surface area contributed by atoms with E-state index in [0.717, 1.165) is 12.1 Å². The number of rotatable bonds is 9. The molecule has 1 aliphatic rings. The Hall–Kier alpha value is -3.56. The van der Waals surface area contributed by atoms with E-state index in [2.05, 4.69) is 4.98 Å². The maximum absolute atomic E-state index is 14.0. The average molecular weight is 517 g/mol. The van der Waals surface area contributed by atoms with E-state index in [0.29, 0.717) is 47.6 Å². The molecule has 1 saturated heterocycles. The second-order valence-corrected chi connectivity index (χ2v) is 8.69. The van der Waals surface area contributed by atoms with Crippen LogP contribution in [-0.4, -0.2) is 46.2 Å². The zero-order chi connectivity index (χ0) is 25.8. The van der Waals surface area contributed by atoms with E-state index in [1.54, 1.807) is 18.2 Å². The van der Waals surface area contributed by atoms with Gasteiger partial charge in [0, 0.05) is 24.4 Å². The lowest BCUT2D eigenvalue weighted by molar-refractivity contribution is -0.0796. The summed E-state index contributed by atoms with van der Waals surface area (Å²) in [6.07, 6.45) is 1.64. The lowest BCUT2D eigenvalue weighted by Gasteiger charge is -2.33. The smallest absolute Gasteiger partial charge is 0.354 e. The molecule has 1 atom stereocenters. The third-order valence-corrected chi connectivity index (χ3v) is 6.19. The van der Waals surface area contributed by atoms with Crippen LogP contribution in [0.4, 0.5) is 8.78 Å². The minimum absolute atomic E-state index is 0.0136. The number of hydrogen-bond donors (Lipinski definition) is 1. The van der Waals surface area contributed by atoms with Gasteiger partial charge in [-0.05, 0) is 41.8 Å². The zero-order valence-electron chi connectivity index (χ0n) is 19.3. The summed E-state index contributed by atoms with van der Waals surface area (Å²) in [5.74, 6) is -3.13. The van der Waals surface area contributed by atoms with Crippen molar-refractivity contribution in [2.24, 2.45) is 0 Å². The van der Waals surface area contributed by atoms with Crippen LogP contribution in [0, 0.1) is 11.6 Å². The number of carboxylic acids is 1. The van der Waals surface area contributed by atoms with E-state index in [9.17, 15) is 18.4 Å². The molecule has 1 fully saturated rings. The highest BCUT2D eigenvalue weighted by Gasteiger charge is 2.29. The van der Waals surface area contributed by atoms with Gasteiger partial charge in [-0.25, -0.2) is 18.6 Å². The van der Waals surface area contributed by atoms with Crippen molar-refractivity contribution in [3.05, 3.63) is 93.8 Å². The minimum atomic E-state index is -1.18. The maximum Gasteiger partial charge on any atom is 0.354 e. The van der Waals surface area contributed by atoms with E-state index < -0.39 is 29.6 Å². The normalized spacial score (nSPS) is 14.1. The predicted molar refractivity (Wildman–Crippen MR) is 127 cm³/mol. The molecule has 1 amide bonds. The molecule has 1 aromatic heterocycles. The van der Waals surface area contributed by atoms with Gasteiger partial charge in [-0.15, -0.1) is 0 Å². The number of carbonyl (C=O) groups excluding carboxylic acids is 1. The number of aromatic carboxylic acids is 1. The van der Waals surface area contributed by atoms with Crippen molar-refractivity contribution in [2.45, 2.75) is 32.0 Å². The molecule has 0 spiro atoms. The van der Waals surface area contributed by atoms with Crippen LogP contribution in [0.15, 0.2) is 54.7 Å². The molecule has 36 heavy (non-hydrogen) atoms. The summed E-state index contributed by atoms with van der Waals surface area (Å²) in [5.41, 5.74) is 0.802. The second-order valence-electron chi connectivity index (χ2n) is 8.31. The highest BCUT2D eigenvalue weighted by atomic mass is 35.5. The Kier molecular flexibility index (Phi) is 7.81. The van der Waals surface area contributed by atoms with Crippen molar-refractivity contribution >= 4 is 23.5 Å². The number of halogens is 3. The number of amides is 1. The first-order valence-corrected chi connectivity index (χ1v) is 11.6. The van der Waals surface area contributed by atoms with Crippen molar-refractivity contribution < 1.29 is 33.0 Å². The van der Waals surface area contributed by atoms with Gasteiger partial charge in [-0.1, -0.05) is 36.7 Å². The summed E-state index contributed by atoms with van der Waals surface area (Å²) in [6, 6.07) is 10.1. The number of nitrogens with zero attached hydrogens (tertiary/aromatic N) is 2. The van der Waals surface area contributed by atoms with E-state index in [1.807, 2.05) is 6.92 Å². The average Bonchev–Trinajstić information content (AvgIpc) is 2.82. The molecule has 0 saturated carbocycles. The number of pyridine rings is 1. The lowest BCUT2D eigenvalue weighted by atomic mass is 10.00. The molecule has 0 unspecified atom stereocenters. The van der Waals surface area contributed by atoms with Gasteiger partial charge in [0.1, 0.15) is 29.2 Å². The highest BCUT2D eigenvalue weighted by molar-refractivity contribution is 6.33. The van der Waals surface area contributed by atoms with Crippen molar-refractivity contribution in [3.8, 4) is 5.75 Å². The topological polar surface area (TPSA) is 89.0 Å². The molecule has 4 rings (SSSR count). The number of carbonyl (C=O) groups is 2. The summed E-state index contributed by atoms with van der Waals surface area (Å²) in [5, 5.41) is 9.45. The second kappa shape index (κ2) is 11.0. The molecule has 2 aromatic carbocycles. The van der Waals surface area contributed by atoms with Gasteiger partial charge in [0.25, 0.3) is 5.91 Å². The third-order valence-electron chi connectivity index (χ3n) is 5.78. The molecule has 0 bridgehead atoms. The number of hydrogen-bond acceptors (Lipinski definition) is 5. The van der Waals surface area contributed by atoms with Crippen LogP contribution in [0.1, 0.15) is 51.4 Å². The largest absolute Gasteiger partial charge is 0.484 e. The van der Waals surface area contributed by atoms with Gasteiger partial charge >= 0.3 is 5.97 Å². The number of benzene rings is 2. The highest BCUT2D eigenvalue weighted by Crippen LogP contribution is 2.38. The van der Waals surface area contributed by atoms with Crippen molar-refractivity contribution in [3.63, 3.8) is 0 Å². The third kappa shape index (κ3) is 5.63. The first-order valence-electron chi connectivity index (χ1n) is 11.2. The van der Waals surface area contributed by atoms with E-state index in [1.165, 1.54) is 23.2 Å². The van der Waals surface area contributed by atoms with Crippen LogP contribution in [-0.2, 0) is 11.3 Å². The van der Waals surface area contributed by atoms with Crippen molar-refractivity contribution in [1.82, 2.24) is 9.88 Å². The van der Waals surface area contributed by atoms with Crippen LogP contribution in [0.3, 0.4) is 0 Å². The molecule has 1 N–H and O–H groups in total. The van der Waals surface area contributed by atoms with Crippen molar-refractivity contribution in [1.29, 1.82) is 0 Å². The first kappa shape index (κ1) is 25.5. The van der Waals surface area contributed by atoms with Gasteiger partial charge in [0.05, 0.1) is 24.3 Å². The number of ether oxygens (including phenoxy) is 2. The maximum atomic E-state index is 14.0. The van der Waals surface area contributed by atoms with E-state index in [-0.39, 0.29) is 23.9 Å². The minimum Gasteiger partial charge on any atom is -0.484 e. The standard InChI is InChI=1S/C26H23ClF2N2O5/c1-2-22(20-4-3-5-23(24(20)27)36-19-13-35-14-19)31(12-15-6-7-21(26(33)34)30-11-15)25(32)16-8-17(28)10-18(29)9-16/h3-11,19,22H,2,12-14H2,1H3,(H,33,34)/t22-/m1/s1. The molecule has 1 aliphatic heterocycles. The molecule has 2 heterocycles. The van der Waals surface area contributed by atoms with Gasteiger partial charge in [-0.3, -0.25) is 4.79 Å². The summed E-state index contributed by atoms with van der Waals surface area (Å²) in [4.78, 5) is 30.1. The molecular weight excluding hydrogens is 494 g/mol. The molecule has 7 nitrogen and oxygen atoms in total. The predicted octanol–water partition coefficient (Wildman–Crippen LogP) is 5.28. The van der Waals surface area contributed by atoms with Gasteiger partial charge in [0.2, 0.25) is 0 Å². The summed E-state index contributed by atoms with van der Waals surface area (Å²) >= 11 is 6.71. The molecule has 188 valence electrons. The van der Waals surface area contributed by atoms with E-state index in [4.69, 9.17) is 26.2 Å². The fourth-order valence-corrected chi connectivity index (χ4v) is 4.25. The monoisotopic (exact) mass is 516 g/mol. The Morgan fingerprint density at radius 2 is 1.92 bits per heavy atom. The number of aromatic nitrogens is 1. The Balaban J connectivity index is 1.73. The summed E-state index contributed by atoms with van der Waals surface area (Å²) in [7, 11) is 0. The summed E-state index contributed by atoms with van der Waals surface area (Å²) < 4.78 is 39.0. The Bertz CT molecular complexity index is 1250. The van der Waals surface area contributed by atoms with Gasteiger partial charge in [-0.2, -0.15) is 0 Å². The van der Waals surface area contributed by atoms with Crippen molar-refractivity contribution in [2.75, 3.05) is 13.2 Å². The van der Waals surface area contributed by atoms with Crippen LogP contribution < -0.4 is 4.74 Å². The Morgan fingerprint density at radius 1 is 1.19 bits per heavy atom.